The van der Waals surface area contributed by atoms with Gasteiger partial charge in [-0.1, -0.05) is 0 Å². The van der Waals surface area contributed by atoms with Gasteiger partial charge in [0.15, 0.2) is 0 Å². The Morgan fingerprint density at radius 3 is 0.500 bits per heavy atom. The second kappa shape index (κ2) is 64.6. The predicted octanol–water partition coefficient (Wildman–Crippen LogP) is -1.44. The molecule has 0 spiro atoms. The van der Waals surface area contributed by atoms with Crippen LogP contribution in [-0.4, -0.2) is 0 Å². The van der Waals surface area contributed by atoms with E-state index in [0.29, 0.717) is 0 Å². The van der Waals surface area contributed by atoms with Crippen LogP contribution in [0.3, 0.4) is 0 Å². The van der Waals surface area contributed by atoms with Gasteiger partial charge in [-0.15, -0.1) is 0 Å². The van der Waals surface area contributed by atoms with Gasteiger partial charge in [0.2, 0.25) is 0 Å². The van der Waals surface area contributed by atoms with Crippen molar-refractivity contribution in [2.75, 3.05) is 0 Å². The Morgan fingerprint density at radius 2 is 0.500 bits per heavy atom. The van der Waals surface area contributed by atoms with Crippen LogP contribution in [0, 0.1) is 0 Å². The average Bonchev–Trinajstić information content (AvgIpc) is 0. The third-order valence-corrected chi connectivity index (χ3v) is 0. The third-order valence-electron chi connectivity index (χ3n) is 0. The van der Waals surface area contributed by atoms with Crippen molar-refractivity contribution in [3.05, 3.63) is 0 Å². The Balaban J connectivity index is 0. The topological polar surface area (TPSA) is 91.5 Å². The van der Waals surface area contributed by atoms with Crippen molar-refractivity contribution in [1.82, 2.24) is 18.5 Å². The van der Waals surface area contributed by atoms with Crippen molar-refractivity contribution in [3.8, 4) is 0 Å². The second-order valence-electron chi connectivity index (χ2n) is 0. The smallest absolute Gasteiger partial charge is 0 e. The molecule has 0 aliphatic carbocycles. The molecule has 0 bridgehead atoms. The minimum Gasteiger partial charge on any atom is 0 e. The number of rotatable bonds is 0. The maximum Gasteiger partial charge on any atom is 0 e. The van der Waals surface area contributed by atoms with Crippen molar-refractivity contribution in [2.45, 2.75) is 0 Å². The molecule has 0 saturated heterocycles. The Hall–Kier alpha value is 0.620. The third kappa shape index (κ3) is 17.9. The first-order valence-electron chi connectivity index (χ1n) is 0. The van der Waals surface area contributed by atoms with Gasteiger partial charge in [-0.05, 0) is 0 Å². The molecule has 0 unspecified atom stereocenters. The van der Waals surface area contributed by atoms with Crippen LogP contribution in [0.25, 0.3) is 0 Å². The molecule has 0 atom stereocenters. The molecule has 0 aliphatic rings. The van der Waals surface area contributed by atoms with Gasteiger partial charge in [-0.25, -0.2) is 0 Å². The summed E-state index contributed by atoms with van der Waals surface area (Å²) in [5.74, 6) is 0. The minimum absolute atomic E-state index is 0. The summed E-state index contributed by atoms with van der Waals surface area (Å²) in [6.07, 6.45) is 0. The summed E-state index contributed by atoms with van der Waals surface area (Å²) in [6, 6.07) is 0. The van der Waals surface area contributed by atoms with Crippen LogP contribution >= 0.6 is 0 Å². The minimum atomic E-state index is 0. The summed E-state index contributed by atoms with van der Waals surface area (Å²) in [5.41, 5.74) is 0. The van der Waals surface area contributed by atoms with Gasteiger partial charge >= 0.3 is 0 Å². The summed E-state index contributed by atoms with van der Waals surface area (Å²) in [4.78, 5) is 0. The fourth-order valence-electron chi connectivity index (χ4n) is 0. The molecule has 0 rings (SSSR count). The standard InChI is InChI=1S/Ag.3N. The Labute approximate surface area is 41.4 Å². The molecule has 0 aromatic heterocycles. The maximum absolute atomic E-state index is 0. The van der Waals surface area contributed by atoms with Crippen LogP contribution in [0.4, 0.5) is 0 Å². The van der Waals surface area contributed by atoms with Crippen molar-refractivity contribution >= 4 is 0 Å². The van der Waals surface area contributed by atoms with Gasteiger partial charge in [0.1, 0.15) is 0 Å². The van der Waals surface area contributed by atoms with E-state index in [1.807, 2.05) is 0 Å². The molecular weight excluding hydrogens is 150 g/mol. The van der Waals surface area contributed by atoms with Gasteiger partial charge in [0.05, 0.1) is 0 Å². The molecule has 0 aromatic carbocycles. The van der Waals surface area contributed by atoms with E-state index < -0.39 is 0 Å². The second-order valence-corrected chi connectivity index (χ2v) is 0. The van der Waals surface area contributed by atoms with E-state index in [4.69, 9.17) is 0 Å². The van der Waals surface area contributed by atoms with Crippen molar-refractivity contribution < 1.29 is 22.4 Å². The summed E-state index contributed by atoms with van der Waals surface area (Å²) in [5, 5.41) is 0. The molecule has 0 aliphatic heterocycles. The van der Waals surface area contributed by atoms with Crippen LogP contribution in [-0.2, 0) is 22.4 Å². The predicted molar refractivity (Wildman–Crippen MR) is 6.40 cm³/mol. The summed E-state index contributed by atoms with van der Waals surface area (Å²) in [7, 11) is 0. The van der Waals surface area contributed by atoms with Crippen LogP contribution in [0.1, 0.15) is 0 Å². The van der Waals surface area contributed by atoms with Gasteiger partial charge in [-0.3, -0.25) is 0 Å². The van der Waals surface area contributed by atoms with Gasteiger partial charge in [0.25, 0.3) is 0 Å². The van der Waals surface area contributed by atoms with E-state index in [2.05, 4.69) is 0 Å². The van der Waals surface area contributed by atoms with Crippen LogP contribution in [0.15, 0.2) is 0 Å². The zero-order valence-corrected chi connectivity index (χ0v) is 3.13. The Kier molecular flexibility index (Phi) is 2540. The van der Waals surface area contributed by atoms with Gasteiger partial charge in [0, 0.05) is 40.8 Å². The van der Waals surface area contributed by atoms with Crippen LogP contribution in [0.5, 0.6) is 0 Å². The SMILES string of the molecule is [Ag].[N].[N].[N]. The fraction of sp³-hybridized carbons (Fsp3) is 0. The Morgan fingerprint density at radius 1 is 0.500 bits per heavy atom. The first-order chi connectivity index (χ1) is 0. The van der Waals surface area contributed by atoms with E-state index in [-0.39, 0.29) is 40.8 Å². The van der Waals surface area contributed by atoms with E-state index in [9.17, 15) is 0 Å². The molecule has 0 amide bonds. The summed E-state index contributed by atoms with van der Waals surface area (Å²) in [6.45, 7) is 0. The average molecular weight is 150 g/mol. The quantitative estimate of drug-likeness (QED) is 0.378. The van der Waals surface area contributed by atoms with Gasteiger partial charge < -0.3 is 0 Å². The maximum atomic E-state index is 0. The first-order valence-corrected chi connectivity index (χ1v) is 0. The van der Waals surface area contributed by atoms with Crippen molar-refractivity contribution in [2.24, 2.45) is 0 Å². The zero-order chi connectivity index (χ0) is 0. The largest absolute Gasteiger partial charge is 0 e. The number of nitrogens with zero attached hydrogens (tertiary/aromatic N) is 3. The fourth-order valence-corrected chi connectivity index (χ4v) is 0. The molecule has 4 heteroatoms. The van der Waals surface area contributed by atoms with Crippen LogP contribution < -0.4 is 18.5 Å². The van der Waals surface area contributed by atoms with E-state index in [1.54, 1.807) is 0 Å². The Bertz CT molecular complexity index is 3.25. The first kappa shape index (κ1) is 157. The summed E-state index contributed by atoms with van der Waals surface area (Å²) < 4.78 is 0. The number of hydrogen-bond donors (Lipinski definition) is 0. The molecule has 4 heavy (non-hydrogen) atoms. The molecule has 26 valence electrons. The normalized spacial score (nSPS) is 0. The molecule has 10 radical (unpaired) electrons. The van der Waals surface area contributed by atoms with Crippen molar-refractivity contribution in [3.63, 3.8) is 0 Å². The molecule has 0 saturated carbocycles. The zero-order valence-electron chi connectivity index (χ0n) is 1.64. The molecule has 0 fully saturated rings. The van der Waals surface area contributed by atoms with E-state index >= 15 is 0 Å². The molecule has 0 heterocycles. The number of hydrogen-bond acceptors (Lipinski definition) is 0. The summed E-state index contributed by atoms with van der Waals surface area (Å²) >= 11 is 0. The molecular formula is AgN3. The van der Waals surface area contributed by atoms with Crippen LogP contribution in [0.2, 0.25) is 0 Å². The van der Waals surface area contributed by atoms with Crippen molar-refractivity contribution in [1.29, 1.82) is 0 Å². The van der Waals surface area contributed by atoms with Gasteiger partial charge in [-0.2, -0.15) is 0 Å². The molecule has 0 N–H and O–H groups in total. The molecule has 0 aromatic rings. The monoisotopic (exact) mass is 149 g/mol. The molecule has 3 nitrogen and oxygen atoms in total. The van der Waals surface area contributed by atoms with E-state index in [1.165, 1.54) is 0 Å². The van der Waals surface area contributed by atoms with E-state index in [0.717, 1.165) is 0 Å².